The van der Waals surface area contributed by atoms with Gasteiger partial charge in [-0.15, -0.1) is 22.7 Å². The third-order valence-corrected chi connectivity index (χ3v) is 6.45. The second-order valence-corrected chi connectivity index (χ2v) is 8.52. The number of rotatable bonds is 4. The van der Waals surface area contributed by atoms with Gasteiger partial charge in [0.1, 0.15) is 0 Å². The summed E-state index contributed by atoms with van der Waals surface area (Å²) >= 11 is 2.70. The summed E-state index contributed by atoms with van der Waals surface area (Å²) in [7, 11) is 0. The molecule has 5 rings (SSSR count). The molecule has 5 aromatic rings. The zero-order chi connectivity index (χ0) is 20.5. The van der Waals surface area contributed by atoms with Crippen LogP contribution in [-0.4, -0.2) is 21.8 Å². The van der Waals surface area contributed by atoms with E-state index < -0.39 is 0 Å². The molecule has 8 heteroatoms. The first-order valence-electron chi connectivity index (χ1n) is 9.10. The number of hydrogen-bond donors (Lipinski definition) is 2. The average molecular weight is 431 g/mol. The smallest absolute Gasteiger partial charge is 0.284 e. The molecule has 0 saturated heterocycles. The Labute approximate surface area is 179 Å². The first-order valence-corrected chi connectivity index (χ1v) is 10.7. The van der Waals surface area contributed by atoms with Crippen molar-refractivity contribution in [2.45, 2.75) is 0 Å². The van der Waals surface area contributed by atoms with Crippen LogP contribution in [0.15, 0.2) is 72.8 Å². The largest absolute Gasteiger partial charge is 0.320 e. The van der Waals surface area contributed by atoms with Crippen molar-refractivity contribution in [2.75, 3.05) is 10.6 Å². The topological polar surface area (TPSA) is 84.0 Å². The quantitative estimate of drug-likeness (QED) is 0.399. The SMILES string of the molecule is O=C(Nc1ccc(NC(=O)c2nc3ccccc3s2)cc1)c1nc2ccccc2s1. The first kappa shape index (κ1) is 18.4. The van der Waals surface area contributed by atoms with Gasteiger partial charge in [0.05, 0.1) is 20.4 Å². The lowest BCUT2D eigenvalue weighted by molar-refractivity contribution is 0.101. The molecule has 0 radical (unpaired) electrons. The number of anilines is 2. The van der Waals surface area contributed by atoms with Gasteiger partial charge in [-0.05, 0) is 48.5 Å². The number of thiazole rings is 2. The van der Waals surface area contributed by atoms with Crippen LogP contribution >= 0.6 is 22.7 Å². The van der Waals surface area contributed by atoms with Gasteiger partial charge in [-0.3, -0.25) is 9.59 Å². The maximum Gasteiger partial charge on any atom is 0.284 e. The van der Waals surface area contributed by atoms with Crippen LogP contribution < -0.4 is 10.6 Å². The lowest BCUT2D eigenvalue weighted by Crippen LogP contribution is -2.13. The fraction of sp³-hybridized carbons (Fsp3) is 0. The monoisotopic (exact) mass is 430 g/mol. The summed E-state index contributed by atoms with van der Waals surface area (Å²) < 4.78 is 1.94. The zero-order valence-electron chi connectivity index (χ0n) is 15.5. The average Bonchev–Trinajstić information content (AvgIpc) is 3.39. The van der Waals surface area contributed by atoms with Gasteiger partial charge in [0.15, 0.2) is 10.0 Å². The fourth-order valence-corrected chi connectivity index (χ4v) is 4.67. The molecule has 0 atom stereocenters. The summed E-state index contributed by atoms with van der Waals surface area (Å²) in [6.45, 7) is 0. The lowest BCUT2D eigenvalue weighted by atomic mass is 10.2. The summed E-state index contributed by atoms with van der Waals surface area (Å²) in [5.41, 5.74) is 2.86. The molecule has 0 aliphatic carbocycles. The van der Waals surface area contributed by atoms with Gasteiger partial charge in [-0.2, -0.15) is 0 Å². The fourth-order valence-electron chi connectivity index (χ4n) is 2.94. The lowest BCUT2D eigenvalue weighted by Gasteiger charge is -2.06. The molecule has 6 nitrogen and oxygen atoms in total. The van der Waals surface area contributed by atoms with E-state index in [1.807, 2.05) is 48.5 Å². The summed E-state index contributed by atoms with van der Waals surface area (Å²) in [4.78, 5) is 33.7. The minimum Gasteiger partial charge on any atom is -0.320 e. The van der Waals surface area contributed by atoms with Crippen LogP contribution in [0.2, 0.25) is 0 Å². The van der Waals surface area contributed by atoms with E-state index in [0.29, 0.717) is 21.4 Å². The van der Waals surface area contributed by atoms with Gasteiger partial charge < -0.3 is 10.6 Å². The molecule has 2 heterocycles. The van der Waals surface area contributed by atoms with Crippen molar-refractivity contribution in [2.24, 2.45) is 0 Å². The molecule has 0 aliphatic rings. The molecule has 0 bridgehead atoms. The number of nitrogens with zero attached hydrogens (tertiary/aromatic N) is 2. The van der Waals surface area contributed by atoms with E-state index in [4.69, 9.17) is 0 Å². The number of fused-ring (bicyclic) bond motifs is 2. The first-order chi connectivity index (χ1) is 14.7. The molecule has 2 N–H and O–H groups in total. The second-order valence-electron chi connectivity index (χ2n) is 6.46. The third-order valence-electron chi connectivity index (χ3n) is 4.38. The van der Waals surface area contributed by atoms with Crippen molar-refractivity contribution in [3.8, 4) is 0 Å². The number of para-hydroxylation sites is 2. The van der Waals surface area contributed by atoms with Crippen LogP contribution in [0.25, 0.3) is 20.4 Å². The van der Waals surface area contributed by atoms with Crippen molar-refractivity contribution in [1.82, 2.24) is 9.97 Å². The van der Waals surface area contributed by atoms with E-state index in [1.54, 1.807) is 24.3 Å². The molecule has 146 valence electrons. The van der Waals surface area contributed by atoms with Crippen LogP contribution in [0.4, 0.5) is 11.4 Å². The predicted molar refractivity (Wildman–Crippen MR) is 122 cm³/mol. The van der Waals surface area contributed by atoms with Gasteiger partial charge >= 0.3 is 0 Å². The Bertz CT molecular complexity index is 1220. The normalized spacial score (nSPS) is 10.9. The van der Waals surface area contributed by atoms with Crippen molar-refractivity contribution in [3.05, 3.63) is 82.8 Å². The molecular weight excluding hydrogens is 416 g/mol. The highest BCUT2D eigenvalue weighted by Crippen LogP contribution is 2.24. The number of carbonyl (C=O) groups excluding carboxylic acids is 2. The summed E-state index contributed by atoms with van der Waals surface area (Å²) in [6.07, 6.45) is 0. The van der Waals surface area contributed by atoms with Gasteiger partial charge in [0, 0.05) is 11.4 Å². The summed E-state index contributed by atoms with van der Waals surface area (Å²) in [5, 5.41) is 6.48. The highest BCUT2D eigenvalue weighted by molar-refractivity contribution is 7.20. The molecule has 2 aromatic heterocycles. The predicted octanol–water partition coefficient (Wildman–Crippen LogP) is 5.41. The van der Waals surface area contributed by atoms with Crippen LogP contribution in [0, 0.1) is 0 Å². The van der Waals surface area contributed by atoms with Gasteiger partial charge in [0.2, 0.25) is 0 Å². The van der Waals surface area contributed by atoms with Crippen molar-refractivity contribution in [3.63, 3.8) is 0 Å². The van der Waals surface area contributed by atoms with Crippen LogP contribution in [-0.2, 0) is 0 Å². The van der Waals surface area contributed by atoms with Gasteiger partial charge in [-0.1, -0.05) is 24.3 Å². The van der Waals surface area contributed by atoms with E-state index in [-0.39, 0.29) is 11.8 Å². The minimum atomic E-state index is -0.262. The van der Waals surface area contributed by atoms with Crippen molar-refractivity contribution in [1.29, 1.82) is 0 Å². The highest BCUT2D eigenvalue weighted by atomic mass is 32.1. The highest BCUT2D eigenvalue weighted by Gasteiger charge is 2.14. The Morgan fingerprint density at radius 2 is 1.00 bits per heavy atom. The van der Waals surface area contributed by atoms with Crippen LogP contribution in [0.3, 0.4) is 0 Å². The van der Waals surface area contributed by atoms with Crippen molar-refractivity contribution >= 4 is 66.3 Å². The number of aromatic nitrogens is 2. The molecule has 0 unspecified atom stereocenters. The molecule has 2 amide bonds. The number of hydrogen-bond acceptors (Lipinski definition) is 6. The van der Waals surface area contributed by atoms with E-state index in [1.165, 1.54) is 22.7 Å². The molecule has 0 fully saturated rings. The number of amides is 2. The number of benzene rings is 3. The summed E-state index contributed by atoms with van der Waals surface area (Å²) in [5.74, 6) is -0.523. The van der Waals surface area contributed by atoms with Gasteiger partial charge in [0.25, 0.3) is 11.8 Å². The maximum atomic E-state index is 12.5. The van der Waals surface area contributed by atoms with E-state index in [9.17, 15) is 9.59 Å². The number of carbonyl (C=O) groups is 2. The Morgan fingerprint density at radius 3 is 1.40 bits per heavy atom. The van der Waals surface area contributed by atoms with Gasteiger partial charge in [-0.25, -0.2) is 9.97 Å². The van der Waals surface area contributed by atoms with E-state index >= 15 is 0 Å². The summed E-state index contributed by atoms with van der Waals surface area (Å²) in [6, 6.07) is 22.2. The minimum absolute atomic E-state index is 0.262. The zero-order valence-corrected chi connectivity index (χ0v) is 17.1. The van der Waals surface area contributed by atoms with E-state index in [0.717, 1.165) is 20.4 Å². The molecule has 0 aliphatic heterocycles. The maximum absolute atomic E-state index is 12.5. The standard InChI is InChI=1S/C22H14N4O2S2/c27-19(21-25-15-5-1-3-7-17(15)29-21)23-13-9-11-14(12-10-13)24-20(28)22-26-16-6-2-4-8-18(16)30-22/h1-12H,(H,23,27)(H,24,28). The molecule has 0 spiro atoms. The molecular formula is C22H14N4O2S2. The molecule has 30 heavy (non-hydrogen) atoms. The third kappa shape index (κ3) is 3.66. The second kappa shape index (κ2) is 7.66. The Kier molecular flexibility index (Phi) is 4.70. The van der Waals surface area contributed by atoms with Crippen LogP contribution in [0.5, 0.6) is 0 Å². The Morgan fingerprint density at radius 1 is 0.600 bits per heavy atom. The van der Waals surface area contributed by atoms with E-state index in [2.05, 4.69) is 20.6 Å². The molecule has 3 aromatic carbocycles. The van der Waals surface area contributed by atoms with Crippen molar-refractivity contribution < 1.29 is 9.59 Å². The Hall–Kier alpha value is -3.62. The Balaban J connectivity index is 1.26. The van der Waals surface area contributed by atoms with Crippen LogP contribution in [0.1, 0.15) is 19.6 Å². The molecule has 0 saturated carbocycles. The number of nitrogens with one attached hydrogen (secondary N) is 2.